The van der Waals surface area contributed by atoms with E-state index in [0.717, 1.165) is 30.8 Å². The summed E-state index contributed by atoms with van der Waals surface area (Å²) in [7, 11) is 3.89. The molecule has 2 aromatic rings. The van der Waals surface area contributed by atoms with Gasteiger partial charge in [-0.15, -0.1) is 0 Å². The van der Waals surface area contributed by atoms with Gasteiger partial charge in [-0.05, 0) is 18.4 Å². The maximum Gasteiger partial charge on any atom is 0.0853 e. The second-order valence-electron chi connectivity index (χ2n) is 4.22. The number of hydrogen-bond acceptors (Lipinski definition) is 3. The summed E-state index contributed by atoms with van der Waals surface area (Å²) >= 11 is 0. The van der Waals surface area contributed by atoms with Crippen LogP contribution in [0.1, 0.15) is 18.2 Å². The molecule has 5 heteroatoms. The van der Waals surface area contributed by atoms with Crippen molar-refractivity contribution in [2.75, 3.05) is 11.9 Å². The normalized spacial score (nSPS) is 10.8. The maximum absolute atomic E-state index is 4.40. The van der Waals surface area contributed by atoms with Crippen LogP contribution in [0, 0.1) is 0 Å². The molecular weight excluding hydrogens is 214 g/mol. The van der Waals surface area contributed by atoms with E-state index >= 15 is 0 Å². The Bertz CT molecular complexity index is 483. The van der Waals surface area contributed by atoms with Gasteiger partial charge in [0, 0.05) is 33.0 Å². The van der Waals surface area contributed by atoms with Gasteiger partial charge in [-0.1, -0.05) is 6.92 Å². The van der Waals surface area contributed by atoms with Crippen molar-refractivity contribution in [3.05, 3.63) is 29.8 Å². The number of hydrogen-bond donors (Lipinski definition) is 1. The van der Waals surface area contributed by atoms with Crippen LogP contribution in [0.4, 0.5) is 5.69 Å². The average Bonchev–Trinajstić information content (AvgIpc) is 2.85. The number of nitrogens with one attached hydrogen (secondary N) is 1. The van der Waals surface area contributed by atoms with Gasteiger partial charge >= 0.3 is 0 Å². The summed E-state index contributed by atoms with van der Waals surface area (Å²) in [5.41, 5.74) is 3.51. The first kappa shape index (κ1) is 11.7. The van der Waals surface area contributed by atoms with Gasteiger partial charge in [0.1, 0.15) is 0 Å². The zero-order valence-electron chi connectivity index (χ0n) is 10.6. The third-order valence-electron chi connectivity index (χ3n) is 2.73. The summed E-state index contributed by atoms with van der Waals surface area (Å²) in [4.78, 5) is 0. The van der Waals surface area contributed by atoms with Crippen LogP contribution >= 0.6 is 0 Å². The maximum atomic E-state index is 4.40. The van der Waals surface area contributed by atoms with Crippen LogP contribution in [0.15, 0.2) is 18.6 Å². The summed E-state index contributed by atoms with van der Waals surface area (Å²) in [6.07, 6.45) is 7.92. The van der Waals surface area contributed by atoms with Crippen molar-refractivity contribution in [1.29, 1.82) is 0 Å². The lowest BCUT2D eigenvalue weighted by molar-refractivity contribution is 0.746. The van der Waals surface area contributed by atoms with Gasteiger partial charge in [-0.25, -0.2) is 0 Å². The van der Waals surface area contributed by atoms with Crippen LogP contribution in [0.25, 0.3) is 0 Å². The monoisotopic (exact) mass is 233 g/mol. The number of rotatable bonds is 5. The Morgan fingerprint density at radius 1 is 1.24 bits per heavy atom. The second kappa shape index (κ2) is 5.03. The predicted octanol–water partition coefficient (Wildman–Crippen LogP) is 1.37. The van der Waals surface area contributed by atoms with Crippen molar-refractivity contribution >= 4 is 5.69 Å². The lowest BCUT2D eigenvalue weighted by Gasteiger charge is -2.03. The minimum atomic E-state index is 0.907. The minimum Gasteiger partial charge on any atom is -0.382 e. The first-order valence-corrected chi connectivity index (χ1v) is 5.93. The highest BCUT2D eigenvalue weighted by Gasteiger charge is 2.04. The van der Waals surface area contributed by atoms with Crippen LogP contribution in [0.2, 0.25) is 0 Å². The van der Waals surface area contributed by atoms with E-state index in [0.29, 0.717) is 0 Å². The molecule has 2 heterocycles. The molecular formula is C12H19N5. The van der Waals surface area contributed by atoms with Crippen LogP contribution in [0.5, 0.6) is 0 Å². The highest BCUT2D eigenvalue weighted by atomic mass is 15.3. The van der Waals surface area contributed by atoms with Gasteiger partial charge < -0.3 is 5.32 Å². The fourth-order valence-corrected chi connectivity index (χ4v) is 1.89. The van der Waals surface area contributed by atoms with E-state index < -0.39 is 0 Å². The highest BCUT2D eigenvalue weighted by Crippen LogP contribution is 2.13. The molecule has 0 saturated heterocycles. The van der Waals surface area contributed by atoms with Crippen molar-refractivity contribution < 1.29 is 0 Å². The van der Waals surface area contributed by atoms with Crippen molar-refractivity contribution in [3.63, 3.8) is 0 Å². The summed E-state index contributed by atoms with van der Waals surface area (Å²) in [5.74, 6) is 0. The Balaban J connectivity index is 1.89. The summed E-state index contributed by atoms with van der Waals surface area (Å²) in [6.45, 7) is 3.03. The molecule has 5 nitrogen and oxygen atoms in total. The largest absolute Gasteiger partial charge is 0.382 e. The van der Waals surface area contributed by atoms with Crippen LogP contribution in [-0.4, -0.2) is 26.1 Å². The molecule has 2 aromatic heterocycles. The minimum absolute atomic E-state index is 0.907. The van der Waals surface area contributed by atoms with Gasteiger partial charge in [0.05, 0.1) is 17.6 Å². The number of aryl methyl sites for hydroxylation is 3. The molecule has 2 rings (SSSR count). The molecule has 0 aliphatic heterocycles. The van der Waals surface area contributed by atoms with E-state index in [-0.39, 0.29) is 0 Å². The standard InChI is InChI=1S/C12H19N5/c1-4-11-12(9-17(3)15-11)13-6-5-10-7-14-16(2)8-10/h7-9,13H,4-6H2,1-3H3. The van der Waals surface area contributed by atoms with Gasteiger partial charge in [-0.3, -0.25) is 9.36 Å². The molecule has 0 aliphatic carbocycles. The van der Waals surface area contributed by atoms with Crippen molar-refractivity contribution in [3.8, 4) is 0 Å². The van der Waals surface area contributed by atoms with E-state index in [1.165, 1.54) is 5.56 Å². The molecule has 0 atom stereocenters. The molecule has 0 radical (unpaired) electrons. The molecule has 0 amide bonds. The Hall–Kier alpha value is -1.78. The van der Waals surface area contributed by atoms with E-state index in [1.807, 2.05) is 42.0 Å². The third-order valence-corrected chi connectivity index (χ3v) is 2.73. The molecule has 1 N–H and O–H groups in total. The lowest BCUT2D eigenvalue weighted by Crippen LogP contribution is -2.05. The number of anilines is 1. The first-order chi connectivity index (χ1) is 8.19. The zero-order chi connectivity index (χ0) is 12.3. The smallest absolute Gasteiger partial charge is 0.0853 e. The fraction of sp³-hybridized carbons (Fsp3) is 0.500. The Morgan fingerprint density at radius 2 is 2.06 bits per heavy atom. The van der Waals surface area contributed by atoms with Crippen molar-refractivity contribution in [2.24, 2.45) is 14.1 Å². The predicted molar refractivity (Wildman–Crippen MR) is 68.0 cm³/mol. The topological polar surface area (TPSA) is 47.7 Å². The van der Waals surface area contributed by atoms with Crippen LogP contribution < -0.4 is 5.32 Å². The van der Waals surface area contributed by atoms with E-state index in [9.17, 15) is 0 Å². The van der Waals surface area contributed by atoms with E-state index in [2.05, 4.69) is 22.4 Å². The fourth-order valence-electron chi connectivity index (χ4n) is 1.89. The summed E-state index contributed by atoms with van der Waals surface area (Å²) in [6, 6.07) is 0. The molecule has 0 unspecified atom stereocenters. The van der Waals surface area contributed by atoms with Crippen LogP contribution in [-0.2, 0) is 26.9 Å². The van der Waals surface area contributed by atoms with Gasteiger partial charge in [0.25, 0.3) is 0 Å². The van der Waals surface area contributed by atoms with E-state index in [1.54, 1.807) is 0 Å². The number of nitrogens with zero attached hydrogens (tertiary/aromatic N) is 4. The quantitative estimate of drug-likeness (QED) is 0.848. The molecule has 0 aliphatic rings. The molecule has 17 heavy (non-hydrogen) atoms. The Labute approximate surface area is 101 Å². The molecule has 0 aromatic carbocycles. The molecule has 0 bridgehead atoms. The Kier molecular flexibility index (Phi) is 3.46. The van der Waals surface area contributed by atoms with Gasteiger partial charge in [0.15, 0.2) is 0 Å². The average molecular weight is 233 g/mol. The van der Waals surface area contributed by atoms with E-state index in [4.69, 9.17) is 0 Å². The van der Waals surface area contributed by atoms with Crippen LogP contribution in [0.3, 0.4) is 0 Å². The molecule has 0 spiro atoms. The second-order valence-corrected chi connectivity index (χ2v) is 4.22. The van der Waals surface area contributed by atoms with Crippen molar-refractivity contribution in [2.45, 2.75) is 19.8 Å². The lowest BCUT2D eigenvalue weighted by atomic mass is 10.2. The molecule has 92 valence electrons. The SMILES string of the molecule is CCc1nn(C)cc1NCCc1cnn(C)c1. The molecule has 0 fully saturated rings. The summed E-state index contributed by atoms with van der Waals surface area (Å²) in [5, 5.41) is 12.0. The molecule has 0 saturated carbocycles. The van der Waals surface area contributed by atoms with Crippen molar-refractivity contribution in [1.82, 2.24) is 19.6 Å². The summed E-state index contributed by atoms with van der Waals surface area (Å²) < 4.78 is 3.68. The third kappa shape index (κ3) is 2.87. The van der Waals surface area contributed by atoms with Gasteiger partial charge in [0.2, 0.25) is 0 Å². The number of aromatic nitrogens is 4. The Morgan fingerprint density at radius 3 is 2.71 bits per heavy atom. The van der Waals surface area contributed by atoms with Gasteiger partial charge in [-0.2, -0.15) is 10.2 Å². The zero-order valence-corrected chi connectivity index (χ0v) is 10.6. The highest BCUT2D eigenvalue weighted by molar-refractivity contribution is 5.46. The first-order valence-electron chi connectivity index (χ1n) is 5.93.